The largest absolute Gasteiger partial charge is 0.327 e. The average molecular weight is 382 g/mol. The zero-order valence-electron chi connectivity index (χ0n) is 15.5. The first kappa shape index (κ1) is 18.5. The second-order valence-electron chi connectivity index (χ2n) is 7.86. The highest BCUT2D eigenvalue weighted by molar-refractivity contribution is 7.98. The summed E-state index contributed by atoms with van der Waals surface area (Å²) in [7, 11) is 0. The van der Waals surface area contributed by atoms with E-state index in [1.165, 1.54) is 29.7 Å². The van der Waals surface area contributed by atoms with Crippen molar-refractivity contribution in [1.29, 1.82) is 0 Å². The van der Waals surface area contributed by atoms with E-state index in [0.29, 0.717) is 17.9 Å². The fourth-order valence-corrected chi connectivity index (χ4v) is 5.36. The number of rotatable bonds is 5. The van der Waals surface area contributed by atoms with Crippen molar-refractivity contribution >= 4 is 23.4 Å². The van der Waals surface area contributed by atoms with Crippen LogP contribution in [0.25, 0.3) is 0 Å². The van der Waals surface area contributed by atoms with E-state index in [9.17, 15) is 4.79 Å². The highest BCUT2D eigenvalue weighted by atomic mass is 32.2. The first-order chi connectivity index (χ1) is 13.2. The van der Waals surface area contributed by atoms with Crippen molar-refractivity contribution in [2.24, 2.45) is 23.5 Å². The molecule has 2 saturated carbocycles. The molecule has 3 N–H and O–H groups in total. The molecule has 2 atom stereocenters. The Morgan fingerprint density at radius 2 is 1.89 bits per heavy atom. The molecule has 1 heterocycles. The lowest BCUT2D eigenvalue weighted by Crippen LogP contribution is -2.48. The van der Waals surface area contributed by atoms with Crippen molar-refractivity contribution in [3.63, 3.8) is 0 Å². The summed E-state index contributed by atoms with van der Waals surface area (Å²) >= 11 is 1.77. The molecule has 2 fully saturated rings. The van der Waals surface area contributed by atoms with Gasteiger partial charge < -0.3 is 11.1 Å². The smallest absolute Gasteiger partial charge is 0.227 e. The molecule has 2 bridgehead atoms. The van der Waals surface area contributed by atoms with Gasteiger partial charge in [0.25, 0.3) is 0 Å². The van der Waals surface area contributed by atoms with Gasteiger partial charge in [0, 0.05) is 40.7 Å². The van der Waals surface area contributed by atoms with E-state index in [2.05, 4.69) is 28.5 Å². The fourth-order valence-electron chi connectivity index (χ4n) is 4.53. The molecule has 2 unspecified atom stereocenters. The van der Waals surface area contributed by atoms with Crippen LogP contribution < -0.4 is 11.1 Å². The maximum Gasteiger partial charge on any atom is 0.227 e. The summed E-state index contributed by atoms with van der Waals surface area (Å²) in [5.41, 5.74) is 8.44. The topological polar surface area (TPSA) is 68.0 Å². The molecule has 4 rings (SSSR count). The Hall–Kier alpha value is -1.85. The first-order valence-electron chi connectivity index (χ1n) is 9.87. The van der Waals surface area contributed by atoms with Crippen molar-refractivity contribution < 1.29 is 4.79 Å². The monoisotopic (exact) mass is 381 g/mol. The number of nitrogens with zero attached hydrogens (tertiary/aromatic N) is 1. The van der Waals surface area contributed by atoms with Crippen LogP contribution >= 0.6 is 11.8 Å². The zero-order valence-corrected chi connectivity index (χ0v) is 16.3. The number of aromatic nitrogens is 1. The van der Waals surface area contributed by atoms with E-state index in [-0.39, 0.29) is 11.8 Å². The predicted molar refractivity (Wildman–Crippen MR) is 110 cm³/mol. The molecule has 0 radical (unpaired) electrons. The number of carbonyl (C=O) groups is 1. The van der Waals surface area contributed by atoms with Gasteiger partial charge in [-0.1, -0.05) is 12.5 Å². The predicted octanol–water partition coefficient (Wildman–Crippen LogP) is 4.47. The fraction of sp³-hybridized carbons (Fsp3) is 0.455. The highest BCUT2D eigenvalue weighted by Crippen LogP contribution is 2.42. The molecule has 1 amide bonds. The molecule has 2 aliphatic rings. The molecule has 0 saturated heterocycles. The molecule has 0 aliphatic heterocycles. The Balaban J connectivity index is 1.31. The second kappa shape index (κ2) is 8.44. The Morgan fingerprint density at radius 3 is 2.56 bits per heavy atom. The standard InChI is InChI=1S/C22H27N3OS/c23-21-16-4-1-5-17(21)12-18(11-16)22(26)25-19-6-8-20(9-7-19)27-14-15-3-2-10-24-13-15/h2-3,6-10,13,16-18,21H,1,4-5,11-12,14,23H2,(H,25,26). The third kappa shape index (κ3) is 4.53. The van der Waals surface area contributed by atoms with Crippen LogP contribution in [0, 0.1) is 17.8 Å². The van der Waals surface area contributed by atoms with Crippen LogP contribution in [0.15, 0.2) is 53.7 Å². The highest BCUT2D eigenvalue weighted by Gasteiger charge is 2.40. The minimum Gasteiger partial charge on any atom is -0.327 e. The number of hydrogen-bond acceptors (Lipinski definition) is 4. The van der Waals surface area contributed by atoms with Gasteiger partial charge >= 0.3 is 0 Å². The molecule has 27 heavy (non-hydrogen) atoms. The van der Waals surface area contributed by atoms with Gasteiger partial charge in [-0.05, 0) is 73.4 Å². The average Bonchev–Trinajstić information content (AvgIpc) is 2.68. The maximum atomic E-state index is 12.7. The van der Waals surface area contributed by atoms with Crippen LogP contribution in [0.2, 0.25) is 0 Å². The number of pyridine rings is 1. The third-order valence-corrected chi connectivity index (χ3v) is 7.12. The van der Waals surface area contributed by atoms with Gasteiger partial charge in [0.2, 0.25) is 5.91 Å². The summed E-state index contributed by atoms with van der Waals surface area (Å²) in [4.78, 5) is 18.1. The number of benzene rings is 1. The SMILES string of the molecule is NC1C2CCCC1CC(C(=O)Nc1ccc(SCc3cccnc3)cc1)C2. The number of amides is 1. The van der Waals surface area contributed by atoms with E-state index in [4.69, 9.17) is 5.73 Å². The van der Waals surface area contributed by atoms with Crippen molar-refractivity contribution in [1.82, 2.24) is 4.98 Å². The maximum absolute atomic E-state index is 12.7. The molecule has 5 heteroatoms. The van der Waals surface area contributed by atoms with Crippen molar-refractivity contribution in [3.05, 3.63) is 54.4 Å². The van der Waals surface area contributed by atoms with Crippen LogP contribution in [0.4, 0.5) is 5.69 Å². The Labute approximate surface area is 165 Å². The number of thioether (sulfide) groups is 1. The molecule has 4 nitrogen and oxygen atoms in total. The Morgan fingerprint density at radius 1 is 1.15 bits per heavy atom. The van der Waals surface area contributed by atoms with Gasteiger partial charge in [-0.15, -0.1) is 11.8 Å². The number of hydrogen-bond donors (Lipinski definition) is 2. The molecular formula is C22H27N3OS. The Kier molecular flexibility index (Phi) is 5.79. The van der Waals surface area contributed by atoms with Gasteiger partial charge in [-0.2, -0.15) is 0 Å². The van der Waals surface area contributed by atoms with Gasteiger partial charge in [0.15, 0.2) is 0 Å². The van der Waals surface area contributed by atoms with E-state index >= 15 is 0 Å². The van der Waals surface area contributed by atoms with Crippen molar-refractivity contribution in [3.8, 4) is 0 Å². The van der Waals surface area contributed by atoms with E-state index in [0.717, 1.165) is 24.3 Å². The number of anilines is 1. The minimum absolute atomic E-state index is 0.111. The van der Waals surface area contributed by atoms with Gasteiger partial charge in [-0.25, -0.2) is 0 Å². The first-order valence-corrected chi connectivity index (χ1v) is 10.9. The normalized spacial score (nSPS) is 27.1. The molecule has 2 aromatic rings. The Bertz CT molecular complexity index is 751. The summed E-state index contributed by atoms with van der Waals surface area (Å²) in [5, 5.41) is 3.12. The number of nitrogens with two attached hydrogens (primary N) is 1. The van der Waals surface area contributed by atoms with Gasteiger partial charge in [0.1, 0.15) is 0 Å². The lowest BCUT2D eigenvalue weighted by Gasteiger charge is -2.43. The summed E-state index contributed by atoms with van der Waals surface area (Å²) in [6.07, 6.45) is 9.22. The van der Waals surface area contributed by atoms with E-state index in [1.54, 1.807) is 18.0 Å². The quantitative estimate of drug-likeness (QED) is 0.750. The summed E-state index contributed by atoms with van der Waals surface area (Å²) in [6.45, 7) is 0. The third-order valence-electron chi connectivity index (χ3n) is 6.03. The molecular weight excluding hydrogens is 354 g/mol. The number of carbonyl (C=O) groups excluding carboxylic acids is 1. The van der Waals surface area contributed by atoms with Gasteiger partial charge in [0.05, 0.1) is 0 Å². The summed E-state index contributed by atoms with van der Waals surface area (Å²) < 4.78 is 0. The zero-order chi connectivity index (χ0) is 18.6. The molecule has 1 aromatic carbocycles. The van der Waals surface area contributed by atoms with Crippen LogP contribution in [0.1, 0.15) is 37.7 Å². The summed E-state index contributed by atoms with van der Waals surface area (Å²) in [5.74, 6) is 2.22. The lowest BCUT2D eigenvalue weighted by molar-refractivity contribution is -0.122. The minimum atomic E-state index is 0.111. The molecule has 2 aliphatic carbocycles. The second-order valence-corrected chi connectivity index (χ2v) is 8.91. The number of fused-ring (bicyclic) bond motifs is 2. The van der Waals surface area contributed by atoms with Crippen LogP contribution in [0.5, 0.6) is 0 Å². The number of nitrogens with one attached hydrogen (secondary N) is 1. The van der Waals surface area contributed by atoms with E-state index < -0.39 is 0 Å². The van der Waals surface area contributed by atoms with Crippen LogP contribution in [0.3, 0.4) is 0 Å². The molecule has 142 valence electrons. The van der Waals surface area contributed by atoms with Crippen LogP contribution in [-0.4, -0.2) is 16.9 Å². The van der Waals surface area contributed by atoms with Crippen molar-refractivity contribution in [2.45, 2.75) is 48.8 Å². The van der Waals surface area contributed by atoms with Crippen molar-refractivity contribution in [2.75, 3.05) is 5.32 Å². The van der Waals surface area contributed by atoms with Gasteiger partial charge in [-0.3, -0.25) is 9.78 Å². The molecule has 0 spiro atoms. The molecule has 1 aromatic heterocycles. The van der Waals surface area contributed by atoms with E-state index in [1.807, 2.05) is 24.4 Å². The van der Waals surface area contributed by atoms with Crippen LogP contribution in [-0.2, 0) is 10.5 Å². The summed E-state index contributed by atoms with van der Waals surface area (Å²) in [6, 6.07) is 12.5. The lowest BCUT2D eigenvalue weighted by atomic mass is 9.65.